The Morgan fingerprint density at radius 1 is 0.762 bits per heavy atom. The van der Waals surface area contributed by atoms with E-state index in [0.717, 1.165) is 32.3 Å². The van der Waals surface area contributed by atoms with Crippen LogP contribution >= 0.6 is 23.2 Å². The van der Waals surface area contributed by atoms with Gasteiger partial charge in [0.25, 0.3) is 23.4 Å². The summed E-state index contributed by atoms with van der Waals surface area (Å²) in [5.41, 5.74) is 4.52. The van der Waals surface area contributed by atoms with Gasteiger partial charge in [0, 0.05) is 29.5 Å². The van der Waals surface area contributed by atoms with Crippen LogP contribution in [-0.2, 0) is 16.1 Å². The zero-order valence-electron chi connectivity index (χ0n) is 21.8. The number of hydrogen-bond acceptors (Lipinski definition) is 5. The lowest BCUT2D eigenvalue weighted by atomic mass is 9.55. The Balaban J connectivity index is 1.34. The Morgan fingerprint density at radius 3 is 1.71 bits per heavy atom. The molecule has 0 unspecified atom stereocenters. The fourth-order valence-electron chi connectivity index (χ4n) is 6.82. The Bertz CT molecular complexity index is 1710. The number of rotatable bonds is 5. The third kappa shape index (κ3) is 3.86. The molecule has 3 aliphatic carbocycles. The molecule has 0 N–H and O–H groups in total. The molecule has 208 valence electrons. The fourth-order valence-corrected chi connectivity index (χ4v) is 7.14. The van der Waals surface area contributed by atoms with E-state index in [-0.39, 0.29) is 34.7 Å². The Kier molecular flexibility index (Phi) is 6.15. The van der Waals surface area contributed by atoms with E-state index in [1.165, 1.54) is 24.3 Å². The number of nitro groups is 1. The van der Waals surface area contributed by atoms with Crippen molar-refractivity contribution >= 4 is 46.6 Å². The zero-order chi connectivity index (χ0) is 29.3. The highest BCUT2D eigenvalue weighted by Gasteiger charge is 2.63. The molecular weight excluding hydrogens is 577 g/mol. The third-order valence-electron chi connectivity index (χ3n) is 8.54. The first-order chi connectivity index (χ1) is 20.3. The standard InChI is InChI=1S/C32H21Cl2N3O5/c33-24-14-9-17(15-25(24)34)16-35(30(38)18-10-12-19(13-11-18)37(41)42)36-31(39)28-26-20-5-1-2-6-21(20)27(29(28)32(36)40)23-8-4-3-7-22(23)26/h1-15,26-29H,16H2/t26?,27?,28-,29+. The first-order valence-corrected chi connectivity index (χ1v) is 14.1. The fraction of sp³-hybridized carbons (Fsp3) is 0.156. The van der Waals surface area contributed by atoms with E-state index in [4.69, 9.17) is 23.2 Å². The van der Waals surface area contributed by atoms with Crippen molar-refractivity contribution in [3.8, 4) is 0 Å². The van der Waals surface area contributed by atoms with Crippen molar-refractivity contribution in [2.75, 3.05) is 0 Å². The number of halogens is 2. The maximum absolute atomic E-state index is 14.4. The third-order valence-corrected chi connectivity index (χ3v) is 9.28. The van der Waals surface area contributed by atoms with Crippen molar-refractivity contribution in [2.24, 2.45) is 11.8 Å². The lowest BCUT2D eigenvalue weighted by Crippen LogP contribution is -2.50. The van der Waals surface area contributed by atoms with E-state index in [0.29, 0.717) is 10.6 Å². The number of hydrogen-bond donors (Lipinski definition) is 0. The van der Waals surface area contributed by atoms with Crippen LogP contribution in [-0.4, -0.2) is 32.7 Å². The van der Waals surface area contributed by atoms with Crippen LogP contribution in [0.3, 0.4) is 0 Å². The topological polar surface area (TPSA) is 101 Å². The molecule has 42 heavy (non-hydrogen) atoms. The van der Waals surface area contributed by atoms with E-state index in [1.54, 1.807) is 18.2 Å². The van der Waals surface area contributed by atoms with Gasteiger partial charge in [-0.2, -0.15) is 5.01 Å². The van der Waals surface area contributed by atoms with Gasteiger partial charge in [-0.1, -0.05) is 77.8 Å². The molecule has 10 heteroatoms. The second-order valence-corrected chi connectivity index (χ2v) is 11.5. The first kappa shape index (κ1) is 26.4. The Morgan fingerprint density at radius 2 is 1.26 bits per heavy atom. The summed E-state index contributed by atoms with van der Waals surface area (Å²) in [5.74, 6) is -3.62. The molecule has 3 amide bonds. The lowest BCUT2D eigenvalue weighted by molar-refractivity contribution is -0.384. The second kappa shape index (κ2) is 9.79. The number of amides is 3. The number of non-ortho nitro benzene ring substituents is 1. The molecule has 0 aromatic heterocycles. The van der Waals surface area contributed by atoms with Crippen LogP contribution in [0.4, 0.5) is 5.69 Å². The maximum atomic E-state index is 14.4. The van der Waals surface area contributed by atoms with E-state index in [9.17, 15) is 24.5 Å². The average Bonchev–Trinajstić information content (AvgIpc) is 3.27. The SMILES string of the molecule is O=C(c1ccc([N+](=O)[O-])cc1)N(Cc1ccc(Cl)c(Cl)c1)N1C(=O)[C@@H]2C3c4ccccc4C(c4ccccc43)[C@@H]2C1=O. The maximum Gasteiger partial charge on any atom is 0.273 e. The average molecular weight is 598 g/mol. The van der Waals surface area contributed by atoms with Gasteiger partial charge in [-0.3, -0.25) is 24.5 Å². The smallest absolute Gasteiger partial charge is 0.272 e. The van der Waals surface area contributed by atoms with Gasteiger partial charge in [0.1, 0.15) is 0 Å². The largest absolute Gasteiger partial charge is 0.273 e. The molecule has 2 bridgehead atoms. The van der Waals surface area contributed by atoms with Crippen LogP contribution in [0.5, 0.6) is 0 Å². The number of carbonyl (C=O) groups is 3. The number of nitrogens with zero attached hydrogens (tertiary/aromatic N) is 3. The molecule has 4 aliphatic rings. The van der Waals surface area contributed by atoms with Crippen LogP contribution in [0.15, 0.2) is 91.0 Å². The molecule has 1 fully saturated rings. The van der Waals surface area contributed by atoms with Crippen LogP contribution in [0.25, 0.3) is 0 Å². The summed E-state index contributed by atoms with van der Waals surface area (Å²) >= 11 is 12.4. The van der Waals surface area contributed by atoms with Crippen molar-refractivity contribution in [1.82, 2.24) is 10.0 Å². The monoisotopic (exact) mass is 597 g/mol. The van der Waals surface area contributed by atoms with Gasteiger partial charge in [-0.15, -0.1) is 0 Å². The van der Waals surface area contributed by atoms with Gasteiger partial charge in [-0.05, 0) is 52.1 Å². The molecular formula is C32H21Cl2N3O5. The highest BCUT2D eigenvalue weighted by atomic mass is 35.5. The van der Waals surface area contributed by atoms with Crippen molar-refractivity contribution in [3.05, 3.63) is 145 Å². The van der Waals surface area contributed by atoms with Gasteiger partial charge < -0.3 is 0 Å². The van der Waals surface area contributed by atoms with Gasteiger partial charge in [-0.25, -0.2) is 5.01 Å². The number of imide groups is 1. The molecule has 8 rings (SSSR count). The summed E-state index contributed by atoms with van der Waals surface area (Å²) in [5, 5.41) is 13.9. The molecule has 4 aromatic carbocycles. The van der Waals surface area contributed by atoms with E-state index < -0.39 is 34.5 Å². The van der Waals surface area contributed by atoms with Crippen LogP contribution in [0.1, 0.15) is 50.0 Å². The molecule has 1 aliphatic heterocycles. The molecule has 1 saturated heterocycles. The van der Waals surface area contributed by atoms with E-state index >= 15 is 0 Å². The number of benzene rings is 4. The summed E-state index contributed by atoms with van der Waals surface area (Å²) < 4.78 is 0. The first-order valence-electron chi connectivity index (χ1n) is 13.3. The van der Waals surface area contributed by atoms with Gasteiger partial charge in [0.2, 0.25) is 0 Å². The molecule has 1 heterocycles. The van der Waals surface area contributed by atoms with E-state index in [1.807, 2.05) is 48.5 Å². The van der Waals surface area contributed by atoms with Crippen molar-refractivity contribution < 1.29 is 19.3 Å². The second-order valence-electron chi connectivity index (χ2n) is 10.7. The summed E-state index contributed by atoms with van der Waals surface area (Å²) in [6.45, 7) is -0.154. The summed E-state index contributed by atoms with van der Waals surface area (Å²) in [7, 11) is 0. The van der Waals surface area contributed by atoms with Crippen molar-refractivity contribution in [2.45, 2.75) is 18.4 Å². The number of nitro benzene ring substituents is 1. The minimum atomic E-state index is -0.687. The lowest BCUT2D eigenvalue weighted by Gasteiger charge is -2.45. The molecule has 4 aromatic rings. The van der Waals surface area contributed by atoms with Crippen LogP contribution in [0, 0.1) is 22.0 Å². The molecule has 0 spiro atoms. The Labute approximate surface area is 250 Å². The molecule has 2 atom stereocenters. The van der Waals surface area contributed by atoms with E-state index in [2.05, 4.69) is 0 Å². The highest BCUT2D eigenvalue weighted by molar-refractivity contribution is 6.42. The molecule has 0 saturated carbocycles. The van der Waals surface area contributed by atoms with Gasteiger partial charge in [0.15, 0.2) is 0 Å². The van der Waals surface area contributed by atoms with Gasteiger partial charge in [0.05, 0.1) is 33.3 Å². The predicted octanol–water partition coefficient (Wildman–Crippen LogP) is 6.35. The quantitative estimate of drug-likeness (QED) is 0.151. The normalized spacial score (nSPS) is 21.5. The number of carbonyl (C=O) groups excluding carboxylic acids is 3. The minimum absolute atomic E-state index is 0.0886. The van der Waals surface area contributed by atoms with Gasteiger partial charge >= 0.3 is 0 Å². The predicted molar refractivity (Wildman–Crippen MR) is 155 cm³/mol. The zero-order valence-corrected chi connectivity index (χ0v) is 23.3. The summed E-state index contributed by atoms with van der Waals surface area (Å²) in [4.78, 5) is 53.4. The van der Waals surface area contributed by atoms with Crippen LogP contribution < -0.4 is 0 Å². The summed E-state index contributed by atoms with van der Waals surface area (Å²) in [6.07, 6.45) is 0. The molecule has 0 radical (unpaired) electrons. The highest BCUT2D eigenvalue weighted by Crippen LogP contribution is 2.61. The van der Waals surface area contributed by atoms with Crippen LogP contribution in [0.2, 0.25) is 10.0 Å². The van der Waals surface area contributed by atoms with Crippen molar-refractivity contribution in [1.29, 1.82) is 0 Å². The Hall–Kier alpha value is -4.53. The van der Waals surface area contributed by atoms with Crippen molar-refractivity contribution in [3.63, 3.8) is 0 Å². The molecule has 8 nitrogen and oxygen atoms in total. The number of hydrazine groups is 1. The summed E-state index contributed by atoms with van der Waals surface area (Å²) in [6, 6.07) is 25.7. The minimum Gasteiger partial charge on any atom is -0.272 e.